The molecule has 0 fully saturated rings. The molecule has 2 aromatic rings. The van der Waals surface area contributed by atoms with Crippen LogP contribution in [0.5, 0.6) is 0 Å². The van der Waals surface area contributed by atoms with Crippen molar-refractivity contribution < 1.29 is 9.59 Å². The lowest BCUT2D eigenvalue weighted by atomic mass is 9.90. The molecule has 2 aromatic carbocycles. The summed E-state index contributed by atoms with van der Waals surface area (Å²) < 4.78 is 0. The minimum Gasteiger partial charge on any atom is -0.325 e. The van der Waals surface area contributed by atoms with Gasteiger partial charge in [-0.1, -0.05) is 41.4 Å². The molecule has 0 radical (unpaired) electrons. The summed E-state index contributed by atoms with van der Waals surface area (Å²) in [5.74, 6) is -0.888. The van der Waals surface area contributed by atoms with Gasteiger partial charge < -0.3 is 10.6 Å². The lowest BCUT2D eigenvalue weighted by Crippen LogP contribution is -2.41. The first kappa shape index (κ1) is 18.3. The van der Waals surface area contributed by atoms with E-state index < -0.39 is 17.2 Å². The van der Waals surface area contributed by atoms with Crippen molar-refractivity contribution >= 4 is 46.4 Å². The number of aryl methyl sites for hydroxylation is 1. The molecule has 2 N–H and O–H groups in total. The maximum Gasteiger partial charge on any atom is 0.239 e. The third-order valence-corrected chi connectivity index (χ3v) is 4.43. The molecule has 2 rings (SSSR count). The second-order valence-electron chi connectivity index (χ2n) is 6.00. The lowest BCUT2D eigenvalue weighted by molar-refractivity contribution is -0.135. The number of hydrogen-bond acceptors (Lipinski definition) is 2. The first-order valence-corrected chi connectivity index (χ1v) is 8.11. The maximum atomic E-state index is 12.5. The number of nitrogens with one attached hydrogen (secondary N) is 2. The summed E-state index contributed by atoms with van der Waals surface area (Å²) >= 11 is 12.0. The average molecular weight is 365 g/mol. The topological polar surface area (TPSA) is 58.2 Å². The Hall–Kier alpha value is -2.04. The van der Waals surface area contributed by atoms with E-state index >= 15 is 0 Å². The van der Waals surface area contributed by atoms with E-state index in [1.807, 2.05) is 25.1 Å². The van der Waals surface area contributed by atoms with E-state index in [2.05, 4.69) is 10.6 Å². The van der Waals surface area contributed by atoms with Crippen molar-refractivity contribution in [1.29, 1.82) is 0 Å². The number of hydrogen-bond donors (Lipinski definition) is 2. The van der Waals surface area contributed by atoms with Crippen LogP contribution in [0.25, 0.3) is 0 Å². The summed E-state index contributed by atoms with van der Waals surface area (Å²) in [5.41, 5.74) is 0.725. The number of anilines is 2. The molecule has 126 valence electrons. The van der Waals surface area contributed by atoms with Crippen LogP contribution in [0.15, 0.2) is 42.5 Å². The fourth-order valence-electron chi connectivity index (χ4n) is 1.99. The first-order chi connectivity index (χ1) is 11.2. The van der Waals surface area contributed by atoms with Gasteiger partial charge in [-0.2, -0.15) is 0 Å². The van der Waals surface area contributed by atoms with Crippen molar-refractivity contribution in [2.24, 2.45) is 5.41 Å². The van der Waals surface area contributed by atoms with Crippen LogP contribution in [0, 0.1) is 12.3 Å². The highest BCUT2D eigenvalue weighted by Gasteiger charge is 2.36. The Labute approximate surface area is 151 Å². The normalized spacial score (nSPS) is 11.0. The van der Waals surface area contributed by atoms with Crippen LogP contribution in [-0.2, 0) is 9.59 Å². The smallest absolute Gasteiger partial charge is 0.239 e. The van der Waals surface area contributed by atoms with Crippen LogP contribution in [0.2, 0.25) is 10.0 Å². The van der Waals surface area contributed by atoms with Crippen LogP contribution in [0.3, 0.4) is 0 Å². The van der Waals surface area contributed by atoms with E-state index in [-0.39, 0.29) is 5.02 Å². The fourth-order valence-corrected chi connectivity index (χ4v) is 2.34. The van der Waals surface area contributed by atoms with Crippen LogP contribution in [-0.4, -0.2) is 11.8 Å². The number of amides is 2. The SMILES string of the molecule is Cc1cccc(NC(=O)C(C)(C)C(=O)Nc2cccc(Cl)c2Cl)c1. The summed E-state index contributed by atoms with van der Waals surface area (Å²) in [7, 11) is 0. The van der Waals surface area contributed by atoms with Gasteiger partial charge in [-0.05, 0) is 50.6 Å². The Kier molecular flexibility index (Phi) is 5.52. The molecule has 6 heteroatoms. The van der Waals surface area contributed by atoms with Gasteiger partial charge in [0.05, 0.1) is 15.7 Å². The molecule has 0 aliphatic carbocycles. The summed E-state index contributed by atoms with van der Waals surface area (Å²) in [6.45, 7) is 5.02. The molecule has 0 spiro atoms. The van der Waals surface area contributed by atoms with Gasteiger partial charge in [-0.25, -0.2) is 0 Å². The second kappa shape index (κ2) is 7.24. The predicted octanol–water partition coefficient (Wildman–Crippen LogP) is 4.91. The Morgan fingerprint density at radius 2 is 1.58 bits per heavy atom. The van der Waals surface area contributed by atoms with Gasteiger partial charge in [0, 0.05) is 5.69 Å². The lowest BCUT2D eigenvalue weighted by Gasteiger charge is -2.23. The Balaban J connectivity index is 2.14. The highest BCUT2D eigenvalue weighted by Crippen LogP contribution is 2.31. The van der Waals surface area contributed by atoms with E-state index in [1.165, 1.54) is 0 Å². The van der Waals surface area contributed by atoms with E-state index in [4.69, 9.17) is 23.2 Å². The Morgan fingerprint density at radius 3 is 2.25 bits per heavy atom. The number of rotatable bonds is 4. The number of carbonyl (C=O) groups is 2. The van der Waals surface area contributed by atoms with Gasteiger partial charge in [0.25, 0.3) is 0 Å². The van der Waals surface area contributed by atoms with Crippen LogP contribution >= 0.6 is 23.2 Å². The summed E-state index contributed by atoms with van der Waals surface area (Å²) in [5, 5.41) is 5.98. The molecule has 0 unspecified atom stereocenters. The van der Waals surface area contributed by atoms with Gasteiger partial charge in [0.2, 0.25) is 11.8 Å². The molecule has 0 saturated carbocycles. The summed E-state index contributed by atoms with van der Waals surface area (Å²) in [4.78, 5) is 25.0. The minimum atomic E-state index is -1.30. The van der Waals surface area contributed by atoms with Gasteiger partial charge in [0.15, 0.2) is 0 Å². The Bertz CT molecular complexity index is 788. The number of benzene rings is 2. The van der Waals surface area contributed by atoms with Gasteiger partial charge in [0.1, 0.15) is 5.41 Å². The van der Waals surface area contributed by atoms with Crippen molar-refractivity contribution in [2.45, 2.75) is 20.8 Å². The van der Waals surface area contributed by atoms with E-state index in [0.29, 0.717) is 16.4 Å². The third-order valence-electron chi connectivity index (χ3n) is 3.61. The Morgan fingerprint density at radius 1 is 0.958 bits per heavy atom. The van der Waals surface area contributed by atoms with Crippen molar-refractivity contribution in [3.63, 3.8) is 0 Å². The zero-order chi connectivity index (χ0) is 17.9. The fraction of sp³-hybridized carbons (Fsp3) is 0.222. The molecule has 0 heterocycles. The molecule has 4 nitrogen and oxygen atoms in total. The first-order valence-electron chi connectivity index (χ1n) is 7.35. The predicted molar refractivity (Wildman–Crippen MR) is 98.7 cm³/mol. The van der Waals surface area contributed by atoms with E-state index in [0.717, 1.165) is 5.56 Å². The second-order valence-corrected chi connectivity index (χ2v) is 6.79. The molecule has 24 heavy (non-hydrogen) atoms. The number of halogens is 2. The quantitative estimate of drug-likeness (QED) is 0.757. The number of carbonyl (C=O) groups excluding carboxylic acids is 2. The van der Waals surface area contributed by atoms with E-state index in [9.17, 15) is 9.59 Å². The summed E-state index contributed by atoms with van der Waals surface area (Å²) in [6, 6.07) is 12.3. The highest BCUT2D eigenvalue weighted by molar-refractivity contribution is 6.44. The standard InChI is InChI=1S/C18H18Cl2N2O2/c1-11-6-4-7-12(10-11)21-16(23)18(2,3)17(24)22-14-9-5-8-13(19)15(14)20/h4-10H,1-3H3,(H,21,23)(H,22,24). The molecule has 0 aliphatic rings. The molecule has 0 atom stereocenters. The van der Waals surface area contributed by atoms with Crippen molar-refractivity contribution in [2.75, 3.05) is 10.6 Å². The zero-order valence-corrected chi connectivity index (χ0v) is 15.1. The van der Waals surface area contributed by atoms with Crippen molar-refractivity contribution in [3.05, 3.63) is 58.1 Å². The molecular formula is C18H18Cl2N2O2. The molecule has 2 amide bonds. The van der Waals surface area contributed by atoms with E-state index in [1.54, 1.807) is 38.1 Å². The van der Waals surface area contributed by atoms with Gasteiger partial charge >= 0.3 is 0 Å². The minimum absolute atomic E-state index is 0.238. The molecule has 0 aliphatic heterocycles. The van der Waals surface area contributed by atoms with Crippen LogP contribution < -0.4 is 10.6 Å². The third kappa shape index (κ3) is 4.08. The summed E-state index contributed by atoms with van der Waals surface area (Å²) in [6.07, 6.45) is 0. The average Bonchev–Trinajstić information content (AvgIpc) is 2.51. The molecule has 0 aromatic heterocycles. The molecular weight excluding hydrogens is 347 g/mol. The monoisotopic (exact) mass is 364 g/mol. The van der Waals surface area contributed by atoms with Crippen molar-refractivity contribution in [1.82, 2.24) is 0 Å². The molecule has 0 bridgehead atoms. The maximum absolute atomic E-state index is 12.5. The van der Waals surface area contributed by atoms with Gasteiger partial charge in [-0.15, -0.1) is 0 Å². The van der Waals surface area contributed by atoms with Crippen LogP contribution in [0.4, 0.5) is 11.4 Å². The largest absolute Gasteiger partial charge is 0.325 e. The van der Waals surface area contributed by atoms with Gasteiger partial charge in [-0.3, -0.25) is 9.59 Å². The van der Waals surface area contributed by atoms with Crippen molar-refractivity contribution in [3.8, 4) is 0 Å². The highest BCUT2D eigenvalue weighted by atomic mass is 35.5. The van der Waals surface area contributed by atoms with Crippen LogP contribution in [0.1, 0.15) is 19.4 Å². The zero-order valence-electron chi connectivity index (χ0n) is 13.6. The molecule has 0 saturated heterocycles.